The van der Waals surface area contributed by atoms with Gasteiger partial charge in [0, 0.05) is 38.3 Å². The van der Waals surface area contributed by atoms with Crippen molar-refractivity contribution >= 4 is 0 Å². The number of nitrogens with one attached hydrogen (secondary N) is 1. The lowest BCUT2D eigenvalue weighted by Crippen LogP contribution is -2.48. The van der Waals surface area contributed by atoms with Gasteiger partial charge in [-0.05, 0) is 44.2 Å². The van der Waals surface area contributed by atoms with E-state index in [9.17, 15) is 5.11 Å². The van der Waals surface area contributed by atoms with Crippen molar-refractivity contribution in [1.29, 1.82) is 0 Å². The second-order valence-corrected chi connectivity index (χ2v) is 7.25. The van der Waals surface area contributed by atoms with Crippen LogP contribution in [0.1, 0.15) is 33.1 Å². The number of likely N-dealkylation sites (tertiary alicyclic amines) is 1. The molecule has 0 aliphatic carbocycles. The summed E-state index contributed by atoms with van der Waals surface area (Å²) in [4.78, 5) is 2.55. The first kappa shape index (κ1) is 16.2. The van der Waals surface area contributed by atoms with Crippen LogP contribution in [0.25, 0.3) is 0 Å². The Morgan fingerprint density at radius 1 is 1.45 bits per heavy atom. The molecule has 0 radical (unpaired) electrons. The maximum atomic E-state index is 9.37. The van der Waals surface area contributed by atoms with Crippen molar-refractivity contribution in [2.75, 3.05) is 52.5 Å². The lowest BCUT2D eigenvalue weighted by molar-refractivity contribution is 0.0663. The van der Waals surface area contributed by atoms with Gasteiger partial charge >= 0.3 is 0 Å². The first-order valence-corrected chi connectivity index (χ1v) is 8.25. The predicted octanol–water partition coefficient (Wildman–Crippen LogP) is 1.34. The fourth-order valence-electron chi connectivity index (χ4n) is 3.51. The van der Waals surface area contributed by atoms with E-state index in [1.54, 1.807) is 0 Å². The maximum Gasteiger partial charge on any atom is 0.0547 e. The third kappa shape index (κ3) is 4.69. The summed E-state index contributed by atoms with van der Waals surface area (Å²) < 4.78 is 5.70. The molecule has 0 spiro atoms. The van der Waals surface area contributed by atoms with Gasteiger partial charge in [0.25, 0.3) is 0 Å². The van der Waals surface area contributed by atoms with Crippen molar-refractivity contribution in [2.45, 2.75) is 33.1 Å². The molecule has 2 fully saturated rings. The van der Waals surface area contributed by atoms with Crippen molar-refractivity contribution in [1.82, 2.24) is 10.2 Å². The fraction of sp³-hybridized carbons (Fsp3) is 1.00. The molecule has 2 N–H and O–H groups in total. The number of aliphatic hydroxyl groups excluding tert-OH is 1. The molecular weight excluding hydrogens is 252 g/mol. The highest BCUT2D eigenvalue weighted by atomic mass is 16.5. The molecule has 2 aliphatic heterocycles. The Kier molecular flexibility index (Phi) is 6.27. The molecule has 118 valence electrons. The molecule has 0 amide bonds. The summed E-state index contributed by atoms with van der Waals surface area (Å²) in [6.07, 6.45) is 3.57. The molecule has 4 nitrogen and oxygen atoms in total. The van der Waals surface area contributed by atoms with Crippen LogP contribution in [0.5, 0.6) is 0 Å². The SMILES string of the molecule is CC(C)CNCC1(CN2CCCC(CO)C2)CCOC1. The van der Waals surface area contributed by atoms with E-state index in [1.165, 1.54) is 25.8 Å². The Labute approximate surface area is 123 Å². The minimum absolute atomic E-state index is 0.284. The second kappa shape index (κ2) is 7.74. The molecule has 20 heavy (non-hydrogen) atoms. The van der Waals surface area contributed by atoms with Gasteiger partial charge in [0.1, 0.15) is 0 Å². The van der Waals surface area contributed by atoms with Crippen molar-refractivity contribution in [3.8, 4) is 0 Å². The van der Waals surface area contributed by atoms with Gasteiger partial charge in [0.05, 0.1) is 6.61 Å². The van der Waals surface area contributed by atoms with Crippen molar-refractivity contribution in [2.24, 2.45) is 17.3 Å². The lowest BCUT2D eigenvalue weighted by Gasteiger charge is -2.38. The van der Waals surface area contributed by atoms with Crippen molar-refractivity contribution < 1.29 is 9.84 Å². The number of ether oxygens (including phenoxy) is 1. The lowest BCUT2D eigenvalue weighted by atomic mass is 9.85. The molecule has 2 aliphatic rings. The largest absolute Gasteiger partial charge is 0.396 e. The third-order valence-electron chi connectivity index (χ3n) is 4.66. The van der Waals surface area contributed by atoms with Gasteiger partial charge in [-0.15, -0.1) is 0 Å². The quantitative estimate of drug-likeness (QED) is 0.740. The second-order valence-electron chi connectivity index (χ2n) is 7.25. The average molecular weight is 284 g/mol. The first-order chi connectivity index (χ1) is 9.63. The van der Waals surface area contributed by atoms with E-state index in [-0.39, 0.29) is 5.41 Å². The van der Waals surface area contributed by atoms with Crippen LogP contribution in [0.15, 0.2) is 0 Å². The van der Waals surface area contributed by atoms with Crippen LogP contribution in [-0.4, -0.2) is 62.6 Å². The Balaban J connectivity index is 1.84. The fourth-order valence-corrected chi connectivity index (χ4v) is 3.51. The van der Waals surface area contributed by atoms with Crippen LogP contribution in [0.4, 0.5) is 0 Å². The summed E-state index contributed by atoms with van der Waals surface area (Å²) in [5, 5.41) is 13.0. The van der Waals surface area contributed by atoms with Gasteiger partial charge in [0.2, 0.25) is 0 Å². The van der Waals surface area contributed by atoms with Crippen LogP contribution < -0.4 is 5.32 Å². The highest BCUT2D eigenvalue weighted by molar-refractivity contribution is 4.90. The molecule has 2 unspecified atom stereocenters. The number of hydrogen-bond acceptors (Lipinski definition) is 4. The third-order valence-corrected chi connectivity index (χ3v) is 4.66. The molecule has 2 heterocycles. The molecular formula is C16H32N2O2. The summed E-state index contributed by atoms with van der Waals surface area (Å²) in [5.74, 6) is 1.18. The van der Waals surface area contributed by atoms with Crippen molar-refractivity contribution in [3.63, 3.8) is 0 Å². The minimum Gasteiger partial charge on any atom is -0.396 e. The van der Waals surface area contributed by atoms with E-state index in [2.05, 4.69) is 24.1 Å². The zero-order valence-corrected chi connectivity index (χ0v) is 13.2. The molecule has 2 saturated heterocycles. The summed E-state index contributed by atoms with van der Waals surface area (Å²) >= 11 is 0. The Hall–Kier alpha value is -0.160. The number of rotatable bonds is 7. The normalized spacial score (nSPS) is 32.1. The van der Waals surface area contributed by atoms with Gasteiger partial charge < -0.3 is 20.1 Å². The standard InChI is InChI=1S/C16H32N2O2/c1-14(2)8-17-11-16(5-7-20-13-16)12-18-6-3-4-15(9-18)10-19/h14-15,17,19H,3-13H2,1-2H3. The Morgan fingerprint density at radius 2 is 2.30 bits per heavy atom. The first-order valence-electron chi connectivity index (χ1n) is 8.25. The number of aliphatic hydroxyl groups is 1. The Bertz CT molecular complexity index is 278. The number of piperidine rings is 1. The molecule has 0 aromatic heterocycles. The van der Waals surface area contributed by atoms with E-state index in [0.29, 0.717) is 18.4 Å². The van der Waals surface area contributed by atoms with Crippen LogP contribution in [-0.2, 0) is 4.74 Å². The number of hydrogen-bond donors (Lipinski definition) is 2. The molecule has 0 bridgehead atoms. The van der Waals surface area contributed by atoms with Gasteiger partial charge in [-0.25, -0.2) is 0 Å². The van der Waals surface area contributed by atoms with Gasteiger partial charge in [0.15, 0.2) is 0 Å². The van der Waals surface area contributed by atoms with Crippen LogP contribution >= 0.6 is 0 Å². The minimum atomic E-state index is 0.284. The molecule has 4 heteroatoms. The number of nitrogens with zero attached hydrogens (tertiary/aromatic N) is 1. The Morgan fingerprint density at radius 3 is 2.95 bits per heavy atom. The summed E-state index contributed by atoms with van der Waals surface area (Å²) in [7, 11) is 0. The van der Waals surface area contributed by atoms with E-state index < -0.39 is 0 Å². The molecule has 0 saturated carbocycles. The zero-order valence-electron chi connectivity index (χ0n) is 13.2. The van der Waals surface area contributed by atoms with Crippen LogP contribution in [0, 0.1) is 17.3 Å². The monoisotopic (exact) mass is 284 g/mol. The van der Waals surface area contributed by atoms with Gasteiger partial charge in [-0.3, -0.25) is 0 Å². The molecule has 2 atom stereocenters. The highest BCUT2D eigenvalue weighted by Gasteiger charge is 2.37. The molecule has 0 aromatic carbocycles. The maximum absolute atomic E-state index is 9.37. The van der Waals surface area contributed by atoms with Gasteiger partial charge in [-0.1, -0.05) is 13.8 Å². The predicted molar refractivity (Wildman–Crippen MR) is 81.8 cm³/mol. The topological polar surface area (TPSA) is 44.7 Å². The van der Waals surface area contributed by atoms with E-state index in [0.717, 1.165) is 39.4 Å². The van der Waals surface area contributed by atoms with Crippen LogP contribution in [0.3, 0.4) is 0 Å². The molecule has 2 rings (SSSR count). The molecule has 0 aromatic rings. The van der Waals surface area contributed by atoms with E-state index in [1.807, 2.05) is 0 Å². The summed E-state index contributed by atoms with van der Waals surface area (Å²) in [5.41, 5.74) is 0.284. The summed E-state index contributed by atoms with van der Waals surface area (Å²) in [6.45, 7) is 12.1. The van der Waals surface area contributed by atoms with E-state index >= 15 is 0 Å². The van der Waals surface area contributed by atoms with Gasteiger partial charge in [-0.2, -0.15) is 0 Å². The van der Waals surface area contributed by atoms with Crippen LogP contribution in [0.2, 0.25) is 0 Å². The van der Waals surface area contributed by atoms with Crippen molar-refractivity contribution in [3.05, 3.63) is 0 Å². The summed E-state index contributed by atoms with van der Waals surface area (Å²) in [6, 6.07) is 0. The highest BCUT2D eigenvalue weighted by Crippen LogP contribution is 2.30. The smallest absolute Gasteiger partial charge is 0.0547 e. The van der Waals surface area contributed by atoms with E-state index in [4.69, 9.17) is 4.74 Å². The zero-order chi connectivity index (χ0) is 14.4. The average Bonchev–Trinajstić information content (AvgIpc) is 2.87.